The maximum absolute atomic E-state index is 12.1. The summed E-state index contributed by atoms with van der Waals surface area (Å²) in [6.07, 6.45) is 0. The Morgan fingerprint density at radius 2 is 1.68 bits per heavy atom. The van der Waals surface area contributed by atoms with Crippen molar-refractivity contribution in [3.05, 3.63) is 58.9 Å². The Balaban J connectivity index is 2.43. The van der Waals surface area contributed by atoms with Crippen LogP contribution >= 0.6 is 0 Å². The lowest BCUT2D eigenvalue weighted by atomic mass is 10.0. The SMILES string of the molecule is Nc1ccccc1-c1c(O)c2ccccc2[nH]c1=O. The third-order valence-corrected chi connectivity index (χ3v) is 3.12. The molecule has 4 nitrogen and oxygen atoms in total. The van der Waals surface area contributed by atoms with Gasteiger partial charge in [-0.3, -0.25) is 4.79 Å². The topological polar surface area (TPSA) is 79.1 Å². The van der Waals surface area contributed by atoms with Crippen LogP contribution in [0.25, 0.3) is 22.0 Å². The van der Waals surface area contributed by atoms with E-state index in [1.54, 1.807) is 48.5 Å². The molecule has 4 N–H and O–H groups in total. The van der Waals surface area contributed by atoms with Gasteiger partial charge in [0.15, 0.2) is 0 Å². The van der Waals surface area contributed by atoms with Crippen LogP contribution in [0.2, 0.25) is 0 Å². The number of anilines is 1. The highest BCUT2D eigenvalue weighted by Crippen LogP contribution is 2.34. The zero-order valence-corrected chi connectivity index (χ0v) is 10.1. The zero-order valence-electron chi connectivity index (χ0n) is 10.1. The molecule has 0 spiro atoms. The fourth-order valence-corrected chi connectivity index (χ4v) is 2.20. The van der Waals surface area contributed by atoms with Crippen molar-refractivity contribution < 1.29 is 5.11 Å². The summed E-state index contributed by atoms with van der Waals surface area (Å²) in [7, 11) is 0. The Hall–Kier alpha value is -2.75. The first-order chi connectivity index (χ1) is 9.18. The number of H-pyrrole nitrogens is 1. The van der Waals surface area contributed by atoms with E-state index in [0.29, 0.717) is 22.2 Å². The molecule has 2 aromatic carbocycles. The van der Waals surface area contributed by atoms with Gasteiger partial charge in [-0.1, -0.05) is 30.3 Å². The van der Waals surface area contributed by atoms with Gasteiger partial charge < -0.3 is 15.8 Å². The third-order valence-electron chi connectivity index (χ3n) is 3.12. The molecule has 4 heteroatoms. The van der Waals surface area contributed by atoms with Gasteiger partial charge in [0.25, 0.3) is 5.56 Å². The second-order valence-electron chi connectivity index (χ2n) is 4.31. The number of pyridine rings is 1. The highest BCUT2D eigenvalue weighted by atomic mass is 16.3. The summed E-state index contributed by atoms with van der Waals surface area (Å²) in [4.78, 5) is 14.9. The lowest BCUT2D eigenvalue weighted by Gasteiger charge is -2.09. The molecule has 3 aromatic rings. The molecule has 0 aliphatic rings. The number of hydrogen-bond acceptors (Lipinski definition) is 3. The molecule has 0 saturated heterocycles. The average Bonchev–Trinajstić information content (AvgIpc) is 2.41. The van der Waals surface area contributed by atoms with E-state index in [2.05, 4.69) is 4.98 Å². The van der Waals surface area contributed by atoms with Crippen molar-refractivity contribution in [2.75, 3.05) is 5.73 Å². The number of nitrogens with one attached hydrogen (secondary N) is 1. The number of rotatable bonds is 1. The van der Waals surface area contributed by atoms with Gasteiger partial charge >= 0.3 is 0 Å². The predicted molar refractivity (Wildman–Crippen MR) is 76.1 cm³/mol. The van der Waals surface area contributed by atoms with E-state index in [1.165, 1.54) is 0 Å². The summed E-state index contributed by atoms with van der Waals surface area (Å²) in [5, 5.41) is 10.9. The van der Waals surface area contributed by atoms with Gasteiger partial charge in [0.05, 0.1) is 11.1 Å². The summed E-state index contributed by atoms with van der Waals surface area (Å²) in [6, 6.07) is 14.1. The second kappa shape index (κ2) is 4.17. The van der Waals surface area contributed by atoms with Gasteiger partial charge in [0.1, 0.15) is 5.75 Å². The molecule has 1 heterocycles. The molecule has 1 aromatic heterocycles. The van der Waals surface area contributed by atoms with Crippen molar-refractivity contribution in [2.24, 2.45) is 0 Å². The van der Waals surface area contributed by atoms with Crippen LogP contribution in [0.5, 0.6) is 5.75 Å². The van der Waals surface area contributed by atoms with Gasteiger partial charge in [-0.05, 0) is 18.2 Å². The van der Waals surface area contributed by atoms with Crippen molar-refractivity contribution in [1.82, 2.24) is 4.98 Å². The predicted octanol–water partition coefficient (Wildman–Crippen LogP) is 2.48. The minimum absolute atomic E-state index is 0.0442. The smallest absolute Gasteiger partial charge is 0.260 e. The quantitative estimate of drug-likeness (QED) is 0.582. The highest BCUT2D eigenvalue weighted by Gasteiger charge is 2.15. The number of aromatic amines is 1. The Morgan fingerprint density at radius 3 is 2.47 bits per heavy atom. The third kappa shape index (κ3) is 1.74. The lowest BCUT2D eigenvalue weighted by Crippen LogP contribution is -2.10. The van der Waals surface area contributed by atoms with Gasteiger partial charge in [0.2, 0.25) is 0 Å². The van der Waals surface area contributed by atoms with E-state index in [9.17, 15) is 9.90 Å². The van der Waals surface area contributed by atoms with Gasteiger partial charge in [-0.15, -0.1) is 0 Å². The van der Waals surface area contributed by atoms with E-state index < -0.39 is 0 Å². The molecular formula is C15H12N2O2. The fourth-order valence-electron chi connectivity index (χ4n) is 2.20. The molecule has 0 fully saturated rings. The van der Waals surface area contributed by atoms with E-state index in [0.717, 1.165) is 0 Å². The van der Waals surface area contributed by atoms with E-state index in [1.807, 2.05) is 0 Å². The van der Waals surface area contributed by atoms with Crippen molar-refractivity contribution in [3.63, 3.8) is 0 Å². The highest BCUT2D eigenvalue weighted by molar-refractivity contribution is 5.93. The molecular weight excluding hydrogens is 240 g/mol. The molecule has 0 saturated carbocycles. The van der Waals surface area contributed by atoms with Crippen molar-refractivity contribution in [2.45, 2.75) is 0 Å². The first kappa shape index (κ1) is 11.3. The van der Waals surface area contributed by atoms with Crippen LogP contribution in [0.4, 0.5) is 5.69 Å². The van der Waals surface area contributed by atoms with Gasteiger partial charge in [-0.2, -0.15) is 0 Å². The Bertz CT molecular complexity index is 822. The maximum Gasteiger partial charge on any atom is 0.260 e. The molecule has 0 bridgehead atoms. The zero-order chi connectivity index (χ0) is 13.4. The number of nitrogen functional groups attached to an aromatic ring is 1. The van der Waals surface area contributed by atoms with Crippen molar-refractivity contribution >= 4 is 16.6 Å². The molecule has 0 aliphatic heterocycles. The number of benzene rings is 2. The van der Waals surface area contributed by atoms with Gasteiger partial charge in [0, 0.05) is 16.6 Å². The number of aromatic hydroxyl groups is 1. The molecule has 0 aliphatic carbocycles. The maximum atomic E-state index is 12.1. The number of aromatic nitrogens is 1. The normalized spacial score (nSPS) is 10.7. The second-order valence-corrected chi connectivity index (χ2v) is 4.31. The lowest BCUT2D eigenvalue weighted by molar-refractivity contribution is 0.482. The van der Waals surface area contributed by atoms with Crippen LogP contribution in [0, 0.1) is 0 Å². The van der Waals surface area contributed by atoms with E-state index in [-0.39, 0.29) is 16.9 Å². The number of fused-ring (bicyclic) bond motifs is 1. The molecule has 94 valence electrons. The monoisotopic (exact) mass is 252 g/mol. The summed E-state index contributed by atoms with van der Waals surface area (Å²) < 4.78 is 0. The molecule has 0 atom stereocenters. The van der Waals surface area contributed by atoms with Crippen molar-refractivity contribution in [3.8, 4) is 16.9 Å². The number of hydrogen-bond donors (Lipinski definition) is 3. The van der Waals surface area contributed by atoms with Crippen LogP contribution in [-0.4, -0.2) is 10.1 Å². The fraction of sp³-hybridized carbons (Fsp3) is 0. The first-order valence-corrected chi connectivity index (χ1v) is 5.87. The molecule has 0 radical (unpaired) electrons. The Morgan fingerprint density at radius 1 is 1.00 bits per heavy atom. The van der Waals surface area contributed by atoms with Crippen LogP contribution in [0.15, 0.2) is 53.3 Å². The van der Waals surface area contributed by atoms with Crippen LogP contribution in [0.1, 0.15) is 0 Å². The number of para-hydroxylation sites is 2. The number of nitrogens with two attached hydrogens (primary N) is 1. The molecule has 3 rings (SSSR count). The summed E-state index contributed by atoms with van der Waals surface area (Å²) in [6.45, 7) is 0. The first-order valence-electron chi connectivity index (χ1n) is 5.87. The molecule has 0 unspecified atom stereocenters. The Kier molecular flexibility index (Phi) is 2.49. The minimum Gasteiger partial charge on any atom is -0.506 e. The van der Waals surface area contributed by atoms with Crippen LogP contribution in [0.3, 0.4) is 0 Å². The van der Waals surface area contributed by atoms with Crippen molar-refractivity contribution in [1.29, 1.82) is 0 Å². The van der Waals surface area contributed by atoms with Crippen LogP contribution in [-0.2, 0) is 0 Å². The van der Waals surface area contributed by atoms with E-state index in [4.69, 9.17) is 5.73 Å². The van der Waals surface area contributed by atoms with Crippen LogP contribution < -0.4 is 11.3 Å². The summed E-state index contributed by atoms with van der Waals surface area (Å²) >= 11 is 0. The minimum atomic E-state index is -0.353. The summed E-state index contributed by atoms with van der Waals surface area (Å²) in [5.74, 6) is -0.0442. The molecule has 0 amide bonds. The van der Waals surface area contributed by atoms with E-state index >= 15 is 0 Å². The largest absolute Gasteiger partial charge is 0.506 e. The van der Waals surface area contributed by atoms with Gasteiger partial charge in [-0.25, -0.2) is 0 Å². The summed E-state index contributed by atoms with van der Waals surface area (Å²) in [5.41, 5.74) is 7.31. The molecule has 19 heavy (non-hydrogen) atoms. The standard InChI is InChI=1S/C15H12N2O2/c16-11-7-3-1-5-9(11)13-14(18)10-6-2-4-8-12(10)17-15(13)19/h1-8H,16H2,(H2,17,18,19). The Labute approximate surface area is 109 Å². The average molecular weight is 252 g/mol.